The Morgan fingerprint density at radius 1 is 1.28 bits per heavy atom. The molecule has 0 aliphatic rings. The van der Waals surface area contributed by atoms with Gasteiger partial charge in [-0.3, -0.25) is 9.59 Å². The summed E-state index contributed by atoms with van der Waals surface area (Å²) in [5.41, 5.74) is 0.374. The summed E-state index contributed by atoms with van der Waals surface area (Å²) in [5.74, 6) is -0.937. The van der Waals surface area contributed by atoms with Crippen molar-refractivity contribution in [2.24, 2.45) is 0 Å². The van der Waals surface area contributed by atoms with Crippen LogP contribution in [0.2, 0.25) is 0 Å². The molecule has 1 amide bonds. The minimum Gasteiger partial charge on any atom is -0.501 e. The smallest absolute Gasteiger partial charge is 0.293 e. The number of para-hydroxylation sites is 1. The van der Waals surface area contributed by atoms with Gasteiger partial charge in [0.05, 0.1) is 5.52 Å². The highest BCUT2D eigenvalue weighted by atomic mass is 16.3. The van der Waals surface area contributed by atoms with Gasteiger partial charge in [0.25, 0.3) is 11.5 Å². The van der Waals surface area contributed by atoms with Crippen LogP contribution in [0.5, 0.6) is 5.75 Å². The highest BCUT2D eigenvalue weighted by Gasteiger charge is 2.23. The van der Waals surface area contributed by atoms with Gasteiger partial charge >= 0.3 is 0 Å². The van der Waals surface area contributed by atoms with Gasteiger partial charge in [-0.1, -0.05) is 39.0 Å². The topological polar surface area (TPSA) is 111 Å². The molecule has 0 aliphatic heterocycles. The van der Waals surface area contributed by atoms with Gasteiger partial charge in [0, 0.05) is 18.2 Å². The average molecular weight is 340 g/mol. The maximum atomic E-state index is 12.4. The first-order valence-corrected chi connectivity index (χ1v) is 7.94. The van der Waals surface area contributed by atoms with E-state index >= 15 is 0 Å². The lowest BCUT2D eigenvalue weighted by molar-refractivity contribution is 0.0942. The van der Waals surface area contributed by atoms with Crippen molar-refractivity contribution in [1.29, 1.82) is 0 Å². The number of fused-ring (bicyclic) bond motifs is 1. The van der Waals surface area contributed by atoms with Crippen LogP contribution in [0, 0.1) is 0 Å². The SMILES string of the molecule is CC(C)(C)c1nc(C(=O)NCc2cccc3cc[nH]c23)c(O)c(=O)[nH]1. The van der Waals surface area contributed by atoms with E-state index in [9.17, 15) is 14.7 Å². The highest BCUT2D eigenvalue weighted by molar-refractivity contribution is 5.95. The number of H-pyrrole nitrogens is 2. The zero-order valence-corrected chi connectivity index (χ0v) is 14.3. The van der Waals surface area contributed by atoms with E-state index in [1.807, 2.05) is 51.2 Å². The molecule has 4 N–H and O–H groups in total. The molecule has 0 saturated heterocycles. The lowest BCUT2D eigenvalue weighted by Gasteiger charge is -2.18. The lowest BCUT2D eigenvalue weighted by Crippen LogP contribution is -2.29. The fourth-order valence-corrected chi connectivity index (χ4v) is 2.54. The third kappa shape index (κ3) is 3.26. The van der Waals surface area contributed by atoms with E-state index < -0.39 is 22.6 Å². The molecule has 0 fully saturated rings. The monoisotopic (exact) mass is 340 g/mol. The quantitative estimate of drug-likeness (QED) is 0.585. The normalized spacial score (nSPS) is 11.6. The Morgan fingerprint density at radius 3 is 2.76 bits per heavy atom. The molecule has 7 heteroatoms. The second-order valence-electron chi connectivity index (χ2n) is 6.90. The van der Waals surface area contributed by atoms with Crippen LogP contribution in [0.4, 0.5) is 0 Å². The van der Waals surface area contributed by atoms with Gasteiger partial charge in [0.15, 0.2) is 5.69 Å². The molecule has 2 heterocycles. The Kier molecular flexibility index (Phi) is 4.08. The number of aromatic amines is 2. The molecule has 25 heavy (non-hydrogen) atoms. The van der Waals surface area contributed by atoms with Gasteiger partial charge in [-0.2, -0.15) is 0 Å². The van der Waals surface area contributed by atoms with Gasteiger partial charge in [-0.05, 0) is 17.0 Å². The number of hydrogen-bond donors (Lipinski definition) is 4. The van der Waals surface area contributed by atoms with Gasteiger partial charge in [-0.15, -0.1) is 0 Å². The summed E-state index contributed by atoms with van der Waals surface area (Å²) in [6.45, 7) is 5.82. The standard InChI is InChI=1S/C18H20N4O3/c1-18(2,3)17-21-13(14(23)16(25)22-17)15(24)20-9-11-6-4-5-10-7-8-19-12(10)11/h4-8,19,23H,9H2,1-3H3,(H,20,24)(H,21,22,25). The summed E-state index contributed by atoms with van der Waals surface area (Å²) in [7, 11) is 0. The van der Waals surface area contributed by atoms with Crippen molar-refractivity contribution >= 4 is 16.8 Å². The molecule has 1 aromatic carbocycles. The second kappa shape index (κ2) is 6.08. The van der Waals surface area contributed by atoms with Crippen LogP contribution in [0.3, 0.4) is 0 Å². The van der Waals surface area contributed by atoms with E-state index in [0.29, 0.717) is 5.82 Å². The number of aromatic hydroxyl groups is 1. The molecule has 0 saturated carbocycles. The van der Waals surface area contributed by atoms with E-state index in [4.69, 9.17) is 0 Å². The largest absolute Gasteiger partial charge is 0.501 e. The fraction of sp³-hybridized carbons (Fsp3) is 0.278. The minimum absolute atomic E-state index is 0.245. The van der Waals surface area contributed by atoms with Crippen molar-refractivity contribution in [1.82, 2.24) is 20.3 Å². The number of nitrogens with zero attached hydrogens (tertiary/aromatic N) is 1. The third-order valence-electron chi connectivity index (χ3n) is 3.93. The predicted molar refractivity (Wildman–Crippen MR) is 94.7 cm³/mol. The van der Waals surface area contributed by atoms with Crippen LogP contribution < -0.4 is 10.9 Å². The first kappa shape index (κ1) is 16.8. The number of carbonyl (C=O) groups excluding carboxylic acids is 1. The number of aromatic nitrogens is 3. The molecular formula is C18H20N4O3. The molecule has 2 aromatic heterocycles. The van der Waals surface area contributed by atoms with Crippen molar-refractivity contribution in [2.45, 2.75) is 32.7 Å². The van der Waals surface area contributed by atoms with Crippen molar-refractivity contribution in [2.75, 3.05) is 0 Å². The lowest BCUT2D eigenvalue weighted by atomic mass is 9.95. The number of rotatable bonds is 3. The number of nitrogens with one attached hydrogen (secondary N) is 3. The number of amides is 1. The summed E-state index contributed by atoms with van der Waals surface area (Å²) in [6, 6.07) is 7.71. The van der Waals surface area contributed by atoms with E-state index in [-0.39, 0.29) is 12.2 Å². The summed E-state index contributed by atoms with van der Waals surface area (Å²) >= 11 is 0. The van der Waals surface area contributed by atoms with Gasteiger partial charge in [0.1, 0.15) is 5.82 Å². The Labute approximate surface area is 144 Å². The number of carbonyl (C=O) groups is 1. The van der Waals surface area contributed by atoms with Gasteiger partial charge in [-0.25, -0.2) is 4.98 Å². The van der Waals surface area contributed by atoms with Crippen molar-refractivity contribution < 1.29 is 9.90 Å². The summed E-state index contributed by atoms with van der Waals surface area (Å²) in [5, 5.41) is 13.7. The summed E-state index contributed by atoms with van der Waals surface area (Å²) in [6.07, 6.45) is 1.83. The first-order valence-electron chi connectivity index (χ1n) is 7.94. The molecule has 7 nitrogen and oxygen atoms in total. The maximum Gasteiger partial charge on any atom is 0.293 e. The zero-order valence-electron chi connectivity index (χ0n) is 14.3. The van der Waals surface area contributed by atoms with Crippen molar-refractivity contribution in [3.8, 4) is 5.75 Å². The molecule has 3 rings (SSSR count). The van der Waals surface area contributed by atoms with Gasteiger partial charge in [0.2, 0.25) is 5.75 Å². The van der Waals surface area contributed by atoms with Crippen LogP contribution in [0.25, 0.3) is 10.9 Å². The zero-order chi connectivity index (χ0) is 18.2. The average Bonchev–Trinajstić information content (AvgIpc) is 3.03. The van der Waals surface area contributed by atoms with Crippen molar-refractivity contribution in [3.63, 3.8) is 0 Å². The molecule has 0 spiro atoms. The first-order chi connectivity index (χ1) is 11.8. The number of benzene rings is 1. The molecule has 0 radical (unpaired) electrons. The van der Waals surface area contributed by atoms with E-state index in [1.165, 1.54) is 0 Å². The van der Waals surface area contributed by atoms with Crippen LogP contribution in [-0.2, 0) is 12.0 Å². The molecule has 3 aromatic rings. The van der Waals surface area contributed by atoms with E-state index in [0.717, 1.165) is 16.5 Å². The third-order valence-corrected chi connectivity index (χ3v) is 3.93. The Hall–Kier alpha value is -3.09. The highest BCUT2D eigenvalue weighted by Crippen LogP contribution is 2.20. The van der Waals surface area contributed by atoms with E-state index in [1.54, 1.807) is 0 Å². The molecule has 0 unspecified atom stereocenters. The van der Waals surface area contributed by atoms with Crippen LogP contribution in [-0.4, -0.2) is 26.0 Å². The second-order valence-corrected chi connectivity index (χ2v) is 6.90. The maximum absolute atomic E-state index is 12.4. The predicted octanol–water partition coefficient (Wildman–Crippen LogP) is 2.18. The summed E-state index contributed by atoms with van der Waals surface area (Å²) < 4.78 is 0. The number of hydrogen-bond acceptors (Lipinski definition) is 4. The summed E-state index contributed by atoms with van der Waals surface area (Å²) in [4.78, 5) is 34.1. The van der Waals surface area contributed by atoms with Crippen LogP contribution >= 0.6 is 0 Å². The molecular weight excluding hydrogens is 320 g/mol. The molecule has 0 bridgehead atoms. The van der Waals surface area contributed by atoms with Crippen molar-refractivity contribution in [3.05, 3.63) is 57.9 Å². The Morgan fingerprint density at radius 2 is 2.04 bits per heavy atom. The molecule has 0 aliphatic carbocycles. The van der Waals surface area contributed by atoms with Crippen LogP contribution in [0.1, 0.15) is 42.6 Å². The van der Waals surface area contributed by atoms with Gasteiger partial charge < -0.3 is 20.4 Å². The minimum atomic E-state index is -0.725. The van der Waals surface area contributed by atoms with Crippen LogP contribution in [0.15, 0.2) is 35.3 Å². The molecule has 0 atom stereocenters. The van der Waals surface area contributed by atoms with E-state index in [2.05, 4.69) is 20.3 Å². The Bertz CT molecular complexity index is 995. The fourth-order valence-electron chi connectivity index (χ4n) is 2.54. The Balaban J connectivity index is 1.88. The molecule has 130 valence electrons.